The number of methoxy groups -OCH3 is 2. The van der Waals surface area contributed by atoms with Crippen molar-refractivity contribution in [1.29, 1.82) is 0 Å². The number of nitrogens with one attached hydrogen (secondary N) is 1. The van der Waals surface area contributed by atoms with E-state index in [0.717, 1.165) is 0 Å². The zero-order chi connectivity index (χ0) is 19.8. The van der Waals surface area contributed by atoms with E-state index in [1.807, 2.05) is 0 Å². The molecule has 2 rings (SSSR count). The van der Waals surface area contributed by atoms with Gasteiger partial charge in [-0.05, 0) is 36.4 Å². The second-order valence-corrected chi connectivity index (χ2v) is 5.57. The van der Waals surface area contributed by atoms with Crippen molar-refractivity contribution in [3.05, 3.63) is 52.5 Å². The van der Waals surface area contributed by atoms with Crippen LogP contribution in [0.4, 0.5) is 0 Å². The van der Waals surface area contributed by atoms with E-state index in [0.29, 0.717) is 27.6 Å². The van der Waals surface area contributed by atoms with Crippen molar-refractivity contribution in [2.24, 2.45) is 5.10 Å². The van der Waals surface area contributed by atoms with Crippen LogP contribution < -0.4 is 19.6 Å². The Morgan fingerprint density at radius 2 is 1.81 bits per heavy atom. The molecule has 0 saturated heterocycles. The number of carbonyl (C=O) groups excluding carboxylic acids is 1. The molecule has 0 spiro atoms. The number of hydrogen-bond donors (Lipinski definition) is 2. The van der Waals surface area contributed by atoms with Crippen molar-refractivity contribution in [3.63, 3.8) is 0 Å². The van der Waals surface area contributed by atoms with Gasteiger partial charge in [-0.1, -0.05) is 11.6 Å². The van der Waals surface area contributed by atoms with E-state index >= 15 is 0 Å². The van der Waals surface area contributed by atoms with Crippen LogP contribution in [-0.2, 0) is 4.79 Å². The molecule has 0 aromatic heterocycles. The van der Waals surface area contributed by atoms with Gasteiger partial charge in [-0.2, -0.15) is 5.10 Å². The van der Waals surface area contributed by atoms with Crippen molar-refractivity contribution in [2.45, 2.75) is 0 Å². The number of carboxylic acid groups (broad SMARTS) is 1. The SMILES string of the molecule is COc1ccc(C(=O)N/N=C/c2cc(Cl)ccc2OCC(=O)O)cc1OC. The Morgan fingerprint density at radius 1 is 1.11 bits per heavy atom. The van der Waals surface area contributed by atoms with Gasteiger partial charge in [-0.25, -0.2) is 10.2 Å². The third kappa shape index (κ3) is 5.61. The van der Waals surface area contributed by atoms with E-state index in [-0.39, 0.29) is 5.75 Å². The van der Waals surface area contributed by atoms with Crippen LogP contribution in [0.3, 0.4) is 0 Å². The first-order valence-electron chi connectivity index (χ1n) is 7.64. The zero-order valence-corrected chi connectivity index (χ0v) is 15.3. The topological polar surface area (TPSA) is 106 Å². The number of halogens is 1. The van der Waals surface area contributed by atoms with Crippen molar-refractivity contribution in [3.8, 4) is 17.2 Å². The largest absolute Gasteiger partial charge is 0.493 e. The molecule has 27 heavy (non-hydrogen) atoms. The van der Waals surface area contributed by atoms with E-state index in [1.54, 1.807) is 18.2 Å². The van der Waals surface area contributed by atoms with Gasteiger partial charge in [0.05, 0.1) is 20.4 Å². The molecule has 0 heterocycles. The third-order valence-electron chi connectivity index (χ3n) is 3.34. The average Bonchev–Trinajstić information content (AvgIpc) is 2.66. The minimum absolute atomic E-state index is 0.269. The fourth-order valence-corrected chi connectivity index (χ4v) is 2.27. The fourth-order valence-electron chi connectivity index (χ4n) is 2.09. The average molecular weight is 393 g/mol. The van der Waals surface area contributed by atoms with Crippen molar-refractivity contribution in [1.82, 2.24) is 5.43 Å². The molecule has 2 aromatic rings. The van der Waals surface area contributed by atoms with Gasteiger partial charge < -0.3 is 19.3 Å². The maximum atomic E-state index is 12.2. The Hall–Kier alpha value is -3.26. The lowest BCUT2D eigenvalue weighted by molar-refractivity contribution is -0.139. The molecule has 0 fully saturated rings. The smallest absolute Gasteiger partial charge is 0.341 e. The number of ether oxygens (including phenoxy) is 3. The van der Waals surface area contributed by atoms with Crippen molar-refractivity contribution >= 4 is 29.7 Å². The summed E-state index contributed by atoms with van der Waals surface area (Å²) >= 11 is 5.93. The molecule has 0 bridgehead atoms. The lowest BCUT2D eigenvalue weighted by Crippen LogP contribution is -2.18. The highest BCUT2D eigenvalue weighted by molar-refractivity contribution is 6.30. The van der Waals surface area contributed by atoms with E-state index < -0.39 is 18.5 Å². The molecule has 9 heteroatoms. The van der Waals surface area contributed by atoms with E-state index in [4.69, 9.17) is 30.9 Å². The van der Waals surface area contributed by atoms with Gasteiger partial charge in [0, 0.05) is 16.1 Å². The molecule has 0 radical (unpaired) electrons. The van der Waals surface area contributed by atoms with Gasteiger partial charge in [-0.15, -0.1) is 0 Å². The van der Waals surface area contributed by atoms with Crippen LogP contribution in [0.15, 0.2) is 41.5 Å². The molecule has 8 nitrogen and oxygen atoms in total. The molecule has 0 unspecified atom stereocenters. The number of benzene rings is 2. The Bertz CT molecular complexity index is 869. The normalized spacial score (nSPS) is 10.5. The fraction of sp³-hybridized carbons (Fsp3) is 0.167. The summed E-state index contributed by atoms with van der Waals surface area (Å²) in [4.78, 5) is 22.9. The van der Waals surface area contributed by atoms with Crippen LogP contribution in [0, 0.1) is 0 Å². The number of nitrogens with zero attached hydrogens (tertiary/aromatic N) is 1. The summed E-state index contributed by atoms with van der Waals surface area (Å²) in [5.41, 5.74) is 3.10. The summed E-state index contributed by atoms with van der Waals surface area (Å²) in [5, 5.41) is 13.0. The monoisotopic (exact) mass is 392 g/mol. The number of carbonyl (C=O) groups is 2. The number of aliphatic carboxylic acids is 1. The van der Waals surface area contributed by atoms with Crippen molar-refractivity contribution < 1.29 is 28.9 Å². The predicted octanol–water partition coefficient (Wildman–Crippen LogP) is 2.58. The van der Waals surface area contributed by atoms with Crippen LogP contribution in [0.1, 0.15) is 15.9 Å². The quantitative estimate of drug-likeness (QED) is 0.528. The highest BCUT2D eigenvalue weighted by atomic mass is 35.5. The molecule has 2 aromatic carbocycles. The second kappa shape index (κ2) is 9.44. The molecule has 1 amide bonds. The number of carboxylic acids is 1. The highest BCUT2D eigenvalue weighted by Crippen LogP contribution is 2.27. The Labute approximate surface area is 160 Å². The number of hydrazone groups is 1. The van der Waals surface area contributed by atoms with Crippen LogP contribution in [0.5, 0.6) is 17.2 Å². The minimum Gasteiger partial charge on any atom is -0.493 e. The molecule has 0 aliphatic rings. The van der Waals surface area contributed by atoms with Gasteiger partial charge in [0.1, 0.15) is 5.75 Å². The summed E-state index contributed by atoms with van der Waals surface area (Å²) in [5.74, 6) is -0.409. The van der Waals surface area contributed by atoms with Crippen LogP contribution in [0.25, 0.3) is 0 Å². The van der Waals surface area contributed by atoms with E-state index in [1.165, 1.54) is 38.6 Å². The van der Waals surface area contributed by atoms with E-state index in [9.17, 15) is 9.59 Å². The summed E-state index contributed by atoms with van der Waals surface area (Å²) in [7, 11) is 2.96. The predicted molar refractivity (Wildman–Crippen MR) is 99.2 cm³/mol. The second-order valence-electron chi connectivity index (χ2n) is 5.13. The first-order chi connectivity index (χ1) is 12.9. The molecular formula is C18H17ClN2O6. The third-order valence-corrected chi connectivity index (χ3v) is 3.57. The molecule has 0 saturated carbocycles. The van der Waals surface area contributed by atoms with Gasteiger partial charge in [0.2, 0.25) is 0 Å². The lowest BCUT2D eigenvalue weighted by Gasteiger charge is -2.09. The molecule has 0 atom stereocenters. The lowest BCUT2D eigenvalue weighted by atomic mass is 10.2. The molecular weight excluding hydrogens is 376 g/mol. The van der Waals surface area contributed by atoms with Crippen LogP contribution in [-0.4, -0.2) is 44.0 Å². The minimum atomic E-state index is -1.12. The Balaban J connectivity index is 2.11. The first kappa shape index (κ1) is 20.1. The van der Waals surface area contributed by atoms with Gasteiger partial charge in [0.15, 0.2) is 18.1 Å². The van der Waals surface area contributed by atoms with Crippen LogP contribution in [0.2, 0.25) is 5.02 Å². The summed E-state index contributed by atoms with van der Waals surface area (Å²) in [6.45, 7) is -0.513. The van der Waals surface area contributed by atoms with Crippen LogP contribution >= 0.6 is 11.6 Å². The molecule has 142 valence electrons. The highest BCUT2D eigenvalue weighted by Gasteiger charge is 2.10. The zero-order valence-electron chi connectivity index (χ0n) is 14.6. The maximum absolute atomic E-state index is 12.2. The number of amides is 1. The summed E-state index contributed by atoms with van der Waals surface area (Å²) in [6, 6.07) is 9.29. The summed E-state index contributed by atoms with van der Waals surface area (Å²) < 4.78 is 15.4. The Morgan fingerprint density at radius 3 is 2.48 bits per heavy atom. The molecule has 0 aliphatic heterocycles. The Kier molecular flexibility index (Phi) is 7.01. The number of hydrogen-bond acceptors (Lipinski definition) is 6. The van der Waals surface area contributed by atoms with Gasteiger partial charge in [-0.3, -0.25) is 4.79 Å². The standard InChI is InChI=1S/C18H17ClN2O6/c1-25-15-5-3-11(8-16(15)26-2)18(24)21-20-9-12-7-13(19)4-6-14(12)27-10-17(22)23/h3-9H,10H2,1-2H3,(H,21,24)(H,22,23)/b20-9+. The van der Waals surface area contributed by atoms with Gasteiger partial charge in [0.25, 0.3) is 5.91 Å². The van der Waals surface area contributed by atoms with Crippen molar-refractivity contribution in [2.75, 3.05) is 20.8 Å². The number of rotatable bonds is 8. The molecule has 2 N–H and O–H groups in total. The maximum Gasteiger partial charge on any atom is 0.341 e. The summed E-state index contributed by atoms with van der Waals surface area (Å²) in [6.07, 6.45) is 1.31. The first-order valence-corrected chi connectivity index (χ1v) is 8.02. The molecule has 0 aliphatic carbocycles. The van der Waals surface area contributed by atoms with Gasteiger partial charge >= 0.3 is 5.97 Å². The van der Waals surface area contributed by atoms with E-state index in [2.05, 4.69) is 10.5 Å².